The third kappa shape index (κ3) is 8.04. The van der Waals surface area contributed by atoms with Gasteiger partial charge in [-0.3, -0.25) is 0 Å². The molecule has 0 saturated heterocycles. The van der Waals surface area contributed by atoms with E-state index in [1.807, 2.05) is 32.0 Å². The van der Waals surface area contributed by atoms with Gasteiger partial charge in [-0.1, -0.05) is 18.2 Å². The fourth-order valence-corrected chi connectivity index (χ4v) is 3.16. The topological polar surface area (TPSA) is 61.3 Å². The molecule has 3 N–H and O–H groups in total. The van der Waals surface area contributed by atoms with E-state index in [2.05, 4.69) is 45.0 Å². The molecule has 0 unspecified atom stereocenters. The number of hydrogen-bond donors (Lipinski definition) is 3. The van der Waals surface area contributed by atoms with E-state index in [-0.39, 0.29) is 24.0 Å². The van der Waals surface area contributed by atoms with Crippen molar-refractivity contribution in [2.75, 3.05) is 25.0 Å². The van der Waals surface area contributed by atoms with Gasteiger partial charge in [0.2, 0.25) is 0 Å². The van der Waals surface area contributed by atoms with Crippen LogP contribution in [0.25, 0.3) is 0 Å². The van der Waals surface area contributed by atoms with Gasteiger partial charge >= 0.3 is 0 Å². The van der Waals surface area contributed by atoms with Gasteiger partial charge in [-0.2, -0.15) is 0 Å². The van der Waals surface area contributed by atoms with Crippen LogP contribution in [0.4, 0.5) is 5.69 Å². The standard InChI is InChI=1S/C18H27N5S.HI/c1-4-19-18(22-13-17-14(2)23-15(3)24-17)21-12-8-11-20-16-9-6-5-7-10-16;/h5-7,9-10,20H,4,8,11-13H2,1-3H3,(H2,19,21,22);1H. The van der Waals surface area contributed by atoms with Crippen LogP contribution in [0.3, 0.4) is 0 Å². The fraction of sp³-hybridized carbons (Fsp3) is 0.444. The molecule has 0 bridgehead atoms. The summed E-state index contributed by atoms with van der Waals surface area (Å²) in [5.41, 5.74) is 2.25. The van der Waals surface area contributed by atoms with Crippen molar-refractivity contribution < 1.29 is 0 Å². The van der Waals surface area contributed by atoms with E-state index in [9.17, 15) is 0 Å². The van der Waals surface area contributed by atoms with Crippen molar-refractivity contribution in [3.05, 3.63) is 45.9 Å². The minimum atomic E-state index is 0. The predicted molar refractivity (Wildman–Crippen MR) is 119 cm³/mol. The molecule has 25 heavy (non-hydrogen) atoms. The molecule has 5 nitrogen and oxygen atoms in total. The summed E-state index contributed by atoms with van der Waals surface area (Å²) in [5, 5.41) is 11.2. The summed E-state index contributed by atoms with van der Waals surface area (Å²) >= 11 is 1.72. The SMILES string of the molecule is CCNC(=NCc1sc(C)nc1C)NCCCNc1ccccc1.I. The number of nitrogens with one attached hydrogen (secondary N) is 3. The highest BCUT2D eigenvalue weighted by molar-refractivity contribution is 14.0. The number of aryl methyl sites for hydroxylation is 2. The van der Waals surface area contributed by atoms with E-state index in [1.54, 1.807) is 11.3 Å². The van der Waals surface area contributed by atoms with Crippen molar-refractivity contribution in [1.29, 1.82) is 0 Å². The van der Waals surface area contributed by atoms with E-state index in [1.165, 1.54) is 4.88 Å². The highest BCUT2D eigenvalue weighted by atomic mass is 127. The number of hydrogen-bond acceptors (Lipinski definition) is 4. The lowest BCUT2D eigenvalue weighted by Crippen LogP contribution is -2.38. The summed E-state index contributed by atoms with van der Waals surface area (Å²) < 4.78 is 0. The minimum absolute atomic E-state index is 0. The lowest BCUT2D eigenvalue weighted by molar-refractivity contribution is 0.765. The maximum Gasteiger partial charge on any atom is 0.191 e. The first-order valence-corrected chi connectivity index (χ1v) is 9.24. The molecular formula is C18H28IN5S. The number of rotatable bonds is 8. The van der Waals surface area contributed by atoms with Gasteiger partial charge < -0.3 is 16.0 Å². The molecule has 7 heteroatoms. The predicted octanol–water partition coefficient (Wildman–Crippen LogP) is 3.94. The third-order valence-corrected chi connectivity index (χ3v) is 4.53. The van der Waals surface area contributed by atoms with Crippen LogP contribution in [-0.2, 0) is 6.54 Å². The van der Waals surface area contributed by atoms with Gasteiger partial charge in [0.25, 0.3) is 0 Å². The Kier molecular flexibility index (Phi) is 10.5. The van der Waals surface area contributed by atoms with Crippen LogP contribution in [0.1, 0.15) is 28.9 Å². The van der Waals surface area contributed by atoms with Crippen LogP contribution in [0.5, 0.6) is 0 Å². The minimum Gasteiger partial charge on any atom is -0.385 e. The van der Waals surface area contributed by atoms with Crippen molar-refractivity contribution in [1.82, 2.24) is 15.6 Å². The van der Waals surface area contributed by atoms with Gasteiger partial charge in [0.05, 0.1) is 17.2 Å². The molecule has 0 spiro atoms. The number of aliphatic imine (C=N–C) groups is 1. The van der Waals surface area contributed by atoms with E-state index in [4.69, 9.17) is 0 Å². The maximum absolute atomic E-state index is 4.66. The Morgan fingerprint density at radius 2 is 1.88 bits per heavy atom. The molecule has 0 aliphatic heterocycles. The first kappa shape index (κ1) is 21.7. The van der Waals surface area contributed by atoms with Gasteiger partial charge in [0.15, 0.2) is 5.96 Å². The number of thiazole rings is 1. The van der Waals surface area contributed by atoms with Crippen molar-refractivity contribution in [2.45, 2.75) is 33.7 Å². The second-order valence-corrected chi connectivity index (χ2v) is 6.80. The molecule has 1 aromatic heterocycles. The van der Waals surface area contributed by atoms with Gasteiger partial charge in [0.1, 0.15) is 0 Å². The molecule has 2 rings (SSSR count). The second-order valence-electron chi connectivity index (χ2n) is 5.51. The molecule has 0 fully saturated rings. The molecule has 138 valence electrons. The second kappa shape index (κ2) is 12.1. The van der Waals surface area contributed by atoms with Crippen LogP contribution in [-0.4, -0.2) is 30.6 Å². The monoisotopic (exact) mass is 473 g/mol. The smallest absolute Gasteiger partial charge is 0.191 e. The molecule has 0 saturated carbocycles. The Labute approximate surface area is 171 Å². The molecule has 0 atom stereocenters. The summed E-state index contributed by atoms with van der Waals surface area (Å²) in [6, 6.07) is 10.3. The molecule has 0 amide bonds. The van der Waals surface area contributed by atoms with Crippen molar-refractivity contribution in [3.63, 3.8) is 0 Å². The van der Waals surface area contributed by atoms with Gasteiger partial charge in [-0.25, -0.2) is 9.98 Å². The van der Waals surface area contributed by atoms with Crippen LogP contribution >= 0.6 is 35.3 Å². The fourth-order valence-electron chi connectivity index (χ4n) is 2.30. The zero-order valence-electron chi connectivity index (χ0n) is 15.1. The van der Waals surface area contributed by atoms with E-state index in [0.29, 0.717) is 6.54 Å². The molecule has 1 aromatic carbocycles. The average Bonchev–Trinajstić information content (AvgIpc) is 2.90. The van der Waals surface area contributed by atoms with E-state index >= 15 is 0 Å². The normalized spacial score (nSPS) is 10.9. The molecule has 2 aromatic rings. The van der Waals surface area contributed by atoms with Gasteiger partial charge in [0, 0.05) is 30.2 Å². The Hall–Kier alpha value is -1.35. The maximum atomic E-state index is 4.66. The molecular weight excluding hydrogens is 445 g/mol. The van der Waals surface area contributed by atoms with E-state index in [0.717, 1.165) is 48.4 Å². The third-order valence-electron chi connectivity index (χ3n) is 3.47. The van der Waals surface area contributed by atoms with Crippen LogP contribution in [0.2, 0.25) is 0 Å². The number of aromatic nitrogens is 1. The summed E-state index contributed by atoms with van der Waals surface area (Å²) in [6.45, 7) is 9.51. The van der Waals surface area contributed by atoms with Crippen LogP contribution < -0.4 is 16.0 Å². The first-order valence-electron chi connectivity index (χ1n) is 8.43. The van der Waals surface area contributed by atoms with Crippen molar-refractivity contribution >= 4 is 47.0 Å². The van der Waals surface area contributed by atoms with Crippen LogP contribution in [0, 0.1) is 13.8 Å². The van der Waals surface area contributed by atoms with Crippen LogP contribution in [0.15, 0.2) is 35.3 Å². The van der Waals surface area contributed by atoms with E-state index < -0.39 is 0 Å². The number of benzene rings is 1. The van der Waals surface area contributed by atoms with Gasteiger partial charge in [-0.05, 0) is 39.3 Å². The zero-order chi connectivity index (χ0) is 17.2. The first-order chi connectivity index (χ1) is 11.7. The highest BCUT2D eigenvalue weighted by Gasteiger charge is 2.04. The Bertz CT molecular complexity index is 642. The number of anilines is 1. The quantitative estimate of drug-likeness (QED) is 0.235. The largest absolute Gasteiger partial charge is 0.385 e. The lowest BCUT2D eigenvalue weighted by Gasteiger charge is -2.11. The summed E-state index contributed by atoms with van der Waals surface area (Å²) in [6.07, 6.45) is 1.03. The number of nitrogens with zero attached hydrogens (tertiary/aromatic N) is 2. The van der Waals surface area contributed by atoms with Crippen molar-refractivity contribution in [2.24, 2.45) is 4.99 Å². The number of guanidine groups is 1. The number of para-hydroxylation sites is 1. The van der Waals surface area contributed by atoms with Gasteiger partial charge in [-0.15, -0.1) is 35.3 Å². The number of halogens is 1. The Morgan fingerprint density at radius 3 is 2.52 bits per heavy atom. The molecule has 1 heterocycles. The Morgan fingerprint density at radius 1 is 1.12 bits per heavy atom. The summed E-state index contributed by atoms with van der Waals surface area (Å²) in [4.78, 5) is 10.3. The zero-order valence-corrected chi connectivity index (χ0v) is 18.3. The summed E-state index contributed by atoms with van der Waals surface area (Å²) in [7, 11) is 0. The Balaban J connectivity index is 0.00000312. The van der Waals surface area contributed by atoms with Crippen molar-refractivity contribution in [3.8, 4) is 0 Å². The highest BCUT2D eigenvalue weighted by Crippen LogP contribution is 2.17. The lowest BCUT2D eigenvalue weighted by atomic mass is 10.3. The summed E-state index contributed by atoms with van der Waals surface area (Å²) in [5.74, 6) is 0.864. The molecule has 0 aliphatic carbocycles. The molecule has 0 aliphatic rings. The molecule has 0 radical (unpaired) electrons. The average molecular weight is 473 g/mol.